The highest BCUT2D eigenvalue weighted by atomic mass is 19.4. The fraction of sp³-hybridized carbons (Fsp3) is 0.333. The fourth-order valence-electron chi connectivity index (χ4n) is 2.25. The molecule has 0 saturated carbocycles. The van der Waals surface area contributed by atoms with Crippen LogP contribution in [0.5, 0.6) is 17.2 Å². The number of alkyl halides is 3. The van der Waals surface area contributed by atoms with E-state index in [4.69, 9.17) is 4.74 Å². The Bertz CT molecular complexity index is 646. The molecule has 0 bridgehead atoms. The lowest BCUT2D eigenvalue weighted by Gasteiger charge is -2.12. The van der Waals surface area contributed by atoms with E-state index in [2.05, 4.69) is 18.6 Å². The van der Waals surface area contributed by atoms with Crippen molar-refractivity contribution in [3.63, 3.8) is 0 Å². The molecule has 0 spiro atoms. The standard InChI is InChI=1S/C18H19F3O2/c1-12(2)10-14-4-5-17(11-13(14)3)22-15-6-8-16(9-7-15)23-18(19,20)21/h4-9,11-12H,10H2,1-3H3. The maximum Gasteiger partial charge on any atom is 0.573 e. The molecule has 2 rings (SSSR count). The summed E-state index contributed by atoms with van der Waals surface area (Å²) in [7, 11) is 0. The Morgan fingerprint density at radius 1 is 0.913 bits per heavy atom. The van der Waals surface area contributed by atoms with Crippen LogP contribution in [0.3, 0.4) is 0 Å². The van der Waals surface area contributed by atoms with Crippen molar-refractivity contribution in [3.8, 4) is 17.2 Å². The molecule has 2 aromatic carbocycles. The van der Waals surface area contributed by atoms with Crippen molar-refractivity contribution in [3.05, 3.63) is 53.6 Å². The van der Waals surface area contributed by atoms with E-state index in [1.54, 1.807) is 0 Å². The van der Waals surface area contributed by atoms with Crippen LogP contribution in [0, 0.1) is 12.8 Å². The van der Waals surface area contributed by atoms with Gasteiger partial charge in [0.25, 0.3) is 0 Å². The third-order valence-corrected chi connectivity index (χ3v) is 3.24. The zero-order valence-corrected chi connectivity index (χ0v) is 13.3. The highest BCUT2D eigenvalue weighted by Crippen LogP contribution is 2.28. The lowest BCUT2D eigenvalue weighted by molar-refractivity contribution is -0.274. The minimum atomic E-state index is -4.69. The van der Waals surface area contributed by atoms with Crippen LogP contribution in [0.15, 0.2) is 42.5 Å². The first-order chi connectivity index (χ1) is 10.7. The van der Waals surface area contributed by atoms with E-state index in [0.717, 1.165) is 12.0 Å². The predicted octanol–water partition coefficient (Wildman–Crippen LogP) is 5.88. The summed E-state index contributed by atoms with van der Waals surface area (Å²) in [4.78, 5) is 0. The Labute approximate surface area is 133 Å². The van der Waals surface area contributed by atoms with E-state index in [0.29, 0.717) is 17.4 Å². The number of halogens is 3. The fourth-order valence-corrected chi connectivity index (χ4v) is 2.25. The van der Waals surface area contributed by atoms with Crippen molar-refractivity contribution in [2.75, 3.05) is 0 Å². The first kappa shape index (κ1) is 17.2. The first-order valence-electron chi connectivity index (χ1n) is 7.36. The van der Waals surface area contributed by atoms with Gasteiger partial charge in [-0.15, -0.1) is 13.2 Å². The molecular weight excluding hydrogens is 305 g/mol. The monoisotopic (exact) mass is 324 g/mol. The van der Waals surface area contributed by atoms with Crippen molar-refractivity contribution in [2.24, 2.45) is 5.92 Å². The Morgan fingerprint density at radius 3 is 2.00 bits per heavy atom. The van der Waals surface area contributed by atoms with E-state index in [1.165, 1.54) is 29.8 Å². The van der Waals surface area contributed by atoms with Gasteiger partial charge in [-0.05, 0) is 66.8 Å². The molecule has 0 amide bonds. The average molecular weight is 324 g/mol. The normalized spacial score (nSPS) is 11.6. The number of hydrogen-bond acceptors (Lipinski definition) is 2. The molecule has 0 aromatic heterocycles. The molecule has 124 valence electrons. The van der Waals surface area contributed by atoms with Gasteiger partial charge in [0.15, 0.2) is 0 Å². The summed E-state index contributed by atoms with van der Waals surface area (Å²) in [6, 6.07) is 11.1. The Hall–Kier alpha value is -2.17. The molecule has 0 aliphatic rings. The van der Waals surface area contributed by atoms with Crippen LogP contribution in [0.4, 0.5) is 13.2 Å². The van der Waals surface area contributed by atoms with Gasteiger partial charge in [0.05, 0.1) is 0 Å². The van der Waals surface area contributed by atoms with Gasteiger partial charge >= 0.3 is 6.36 Å². The van der Waals surface area contributed by atoms with E-state index < -0.39 is 6.36 Å². The van der Waals surface area contributed by atoms with Crippen molar-refractivity contribution in [1.82, 2.24) is 0 Å². The molecule has 0 fully saturated rings. The summed E-state index contributed by atoms with van der Waals surface area (Å²) in [5.74, 6) is 1.41. The largest absolute Gasteiger partial charge is 0.573 e. The van der Waals surface area contributed by atoms with Crippen LogP contribution in [-0.4, -0.2) is 6.36 Å². The highest BCUT2D eigenvalue weighted by molar-refractivity contribution is 5.39. The van der Waals surface area contributed by atoms with Crippen molar-refractivity contribution in [1.29, 1.82) is 0 Å². The minimum absolute atomic E-state index is 0.270. The molecule has 0 unspecified atom stereocenters. The van der Waals surface area contributed by atoms with Crippen LogP contribution in [0.1, 0.15) is 25.0 Å². The predicted molar refractivity (Wildman–Crippen MR) is 82.9 cm³/mol. The topological polar surface area (TPSA) is 18.5 Å². The maximum atomic E-state index is 12.1. The quantitative estimate of drug-likeness (QED) is 0.683. The van der Waals surface area contributed by atoms with Gasteiger partial charge in [-0.2, -0.15) is 0 Å². The second-order valence-electron chi connectivity index (χ2n) is 5.81. The first-order valence-corrected chi connectivity index (χ1v) is 7.36. The average Bonchev–Trinajstić information content (AvgIpc) is 2.42. The van der Waals surface area contributed by atoms with Gasteiger partial charge in [0, 0.05) is 0 Å². The Kier molecular flexibility index (Phi) is 5.19. The molecule has 0 atom stereocenters. The van der Waals surface area contributed by atoms with E-state index in [1.807, 2.05) is 25.1 Å². The summed E-state index contributed by atoms with van der Waals surface area (Å²) in [5.41, 5.74) is 2.40. The van der Waals surface area contributed by atoms with Gasteiger partial charge in [0.2, 0.25) is 0 Å². The molecule has 0 N–H and O–H groups in total. The molecule has 2 nitrogen and oxygen atoms in total. The van der Waals surface area contributed by atoms with Crippen LogP contribution in [0.25, 0.3) is 0 Å². The summed E-state index contributed by atoms with van der Waals surface area (Å²) in [5, 5.41) is 0. The molecule has 5 heteroatoms. The maximum absolute atomic E-state index is 12.1. The zero-order chi connectivity index (χ0) is 17.0. The summed E-state index contributed by atoms with van der Waals surface area (Å²) < 4.78 is 45.8. The van der Waals surface area contributed by atoms with Crippen molar-refractivity contribution < 1.29 is 22.6 Å². The van der Waals surface area contributed by atoms with Crippen molar-refractivity contribution >= 4 is 0 Å². The molecule has 0 radical (unpaired) electrons. The molecule has 23 heavy (non-hydrogen) atoms. The zero-order valence-electron chi connectivity index (χ0n) is 13.3. The highest BCUT2D eigenvalue weighted by Gasteiger charge is 2.30. The van der Waals surface area contributed by atoms with Gasteiger partial charge in [-0.1, -0.05) is 19.9 Å². The number of hydrogen-bond donors (Lipinski definition) is 0. The van der Waals surface area contributed by atoms with Crippen LogP contribution >= 0.6 is 0 Å². The van der Waals surface area contributed by atoms with Gasteiger partial charge in [-0.3, -0.25) is 0 Å². The Morgan fingerprint density at radius 2 is 1.48 bits per heavy atom. The summed E-state index contributed by atoms with van der Waals surface area (Å²) in [6.07, 6.45) is -3.69. The van der Waals surface area contributed by atoms with E-state index in [9.17, 15) is 13.2 Å². The van der Waals surface area contributed by atoms with Crippen LogP contribution < -0.4 is 9.47 Å². The molecular formula is C18H19F3O2. The van der Waals surface area contributed by atoms with E-state index >= 15 is 0 Å². The molecule has 0 saturated heterocycles. The molecule has 0 aliphatic carbocycles. The second-order valence-corrected chi connectivity index (χ2v) is 5.81. The lowest BCUT2D eigenvalue weighted by atomic mass is 9.99. The molecule has 2 aromatic rings. The number of ether oxygens (including phenoxy) is 2. The summed E-state index contributed by atoms with van der Waals surface area (Å²) in [6.45, 7) is 6.34. The van der Waals surface area contributed by atoms with Crippen molar-refractivity contribution in [2.45, 2.75) is 33.6 Å². The second kappa shape index (κ2) is 6.94. The SMILES string of the molecule is Cc1cc(Oc2ccc(OC(F)(F)F)cc2)ccc1CC(C)C. The summed E-state index contributed by atoms with van der Waals surface area (Å²) >= 11 is 0. The minimum Gasteiger partial charge on any atom is -0.457 e. The third-order valence-electron chi connectivity index (χ3n) is 3.24. The van der Waals surface area contributed by atoms with E-state index in [-0.39, 0.29) is 5.75 Å². The number of aryl methyl sites for hydroxylation is 1. The lowest BCUT2D eigenvalue weighted by Crippen LogP contribution is -2.16. The van der Waals surface area contributed by atoms with Gasteiger partial charge < -0.3 is 9.47 Å². The molecule has 0 heterocycles. The smallest absolute Gasteiger partial charge is 0.457 e. The van der Waals surface area contributed by atoms with Gasteiger partial charge in [-0.25, -0.2) is 0 Å². The number of rotatable bonds is 5. The third kappa shape index (κ3) is 5.51. The van der Waals surface area contributed by atoms with Crippen LogP contribution in [0.2, 0.25) is 0 Å². The number of benzene rings is 2. The van der Waals surface area contributed by atoms with Gasteiger partial charge in [0.1, 0.15) is 17.2 Å². The van der Waals surface area contributed by atoms with Crippen LogP contribution in [-0.2, 0) is 6.42 Å². The Balaban J connectivity index is 2.06. The molecule has 0 aliphatic heterocycles.